The highest BCUT2D eigenvalue weighted by Gasteiger charge is 2.26. The first-order chi connectivity index (χ1) is 7.29. The van der Waals surface area contributed by atoms with Crippen LogP contribution in [0.5, 0.6) is 0 Å². The molecule has 0 bridgehead atoms. The van der Waals surface area contributed by atoms with E-state index in [1.54, 1.807) is 0 Å². The van der Waals surface area contributed by atoms with Crippen molar-refractivity contribution in [2.24, 2.45) is 0 Å². The molecule has 3 nitrogen and oxygen atoms in total. The van der Waals surface area contributed by atoms with Crippen molar-refractivity contribution in [3.8, 4) is 0 Å². The van der Waals surface area contributed by atoms with Gasteiger partial charge < -0.3 is 10.6 Å². The highest BCUT2D eigenvalue weighted by atomic mass is 15.1. The molecule has 3 heteroatoms. The van der Waals surface area contributed by atoms with E-state index in [2.05, 4.69) is 34.7 Å². The number of nitrogens with one attached hydrogen (secondary N) is 2. The fourth-order valence-corrected chi connectivity index (χ4v) is 2.03. The monoisotopic (exact) mass is 205 g/mol. The van der Waals surface area contributed by atoms with Gasteiger partial charge in [-0.3, -0.25) is 4.98 Å². The van der Waals surface area contributed by atoms with Crippen molar-refractivity contribution >= 4 is 0 Å². The molecule has 82 valence electrons. The summed E-state index contributed by atoms with van der Waals surface area (Å²) in [6, 6.07) is 4.16. The van der Waals surface area contributed by atoms with Gasteiger partial charge in [-0.05, 0) is 50.6 Å². The van der Waals surface area contributed by atoms with Gasteiger partial charge in [-0.25, -0.2) is 0 Å². The topological polar surface area (TPSA) is 37.0 Å². The van der Waals surface area contributed by atoms with Crippen LogP contribution in [0.3, 0.4) is 0 Å². The molecule has 0 aromatic carbocycles. The summed E-state index contributed by atoms with van der Waals surface area (Å²) >= 11 is 0. The summed E-state index contributed by atoms with van der Waals surface area (Å²) < 4.78 is 0. The summed E-state index contributed by atoms with van der Waals surface area (Å²) in [4.78, 5) is 4.01. The highest BCUT2D eigenvalue weighted by Crippen LogP contribution is 2.12. The zero-order valence-corrected chi connectivity index (χ0v) is 9.29. The first kappa shape index (κ1) is 10.6. The first-order valence-corrected chi connectivity index (χ1v) is 5.63. The maximum absolute atomic E-state index is 4.01. The predicted octanol–water partition coefficient (Wildman–Crippen LogP) is 0.966. The van der Waals surface area contributed by atoms with Gasteiger partial charge in [0.2, 0.25) is 0 Å². The summed E-state index contributed by atoms with van der Waals surface area (Å²) in [7, 11) is 0. The maximum atomic E-state index is 4.01. The first-order valence-electron chi connectivity index (χ1n) is 5.63. The smallest absolute Gasteiger partial charge is 0.0290 e. The molecule has 1 fully saturated rings. The molecule has 1 aliphatic heterocycles. The van der Waals surface area contributed by atoms with Gasteiger partial charge in [-0.15, -0.1) is 0 Å². The van der Waals surface area contributed by atoms with Crippen molar-refractivity contribution in [3.63, 3.8) is 0 Å². The Balaban J connectivity index is 1.75. The standard InChI is InChI=1S/C12H19N3/c1-12(5-9-14-10-12)15-8-4-11-2-6-13-7-3-11/h2-3,6-7,14-15H,4-5,8-10H2,1H3. The van der Waals surface area contributed by atoms with E-state index in [1.165, 1.54) is 12.0 Å². The molecule has 1 aromatic heterocycles. The van der Waals surface area contributed by atoms with Crippen molar-refractivity contribution < 1.29 is 0 Å². The van der Waals surface area contributed by atoms with E-state index >= 15 is 0 Å². The molecular formula is C12H19N3. The lowest BCUT2D eigenvalue weighted by Crippen LogP contribution is -2.44. The summed E-state index contributed by atoms with van der Waals surface area (Å²) in [6.07, 6.45) is 6.02. The minimum atomic E-state index is 0.299. The van der Waals surface area contributed by atoms with Gasteiger partial charge in [-0.2, -0.15) is 0 Å². The van der Waals surface area contributed by atoms with Crippen molar-refractivity contribution in [2.45, 2.75) is 25.3 Å². The second-order valence-electron chi connectivity index (χ2n) is 4.52. The molecule has 1 saturated heterocycles. The average Bonchev–Trinajstić information content (AvgIpc) is 2.67. The number of hydrogen-bond donors (Lipinski definition) is 2. The van der Waals surface area contributed by atoms with E-state index in [0.29, 0.717) is 5.54 Å². The molecule has 1 aromatic rings. The van der Waals surface area contributed by atoms with Gasteiger partial charge in [-0.1, -0.05) is 0 Å². The fraction of sp³-hybridized carbons (Fsp3) is 0.583. The van der Waals surface area contributed by atoms with E-state index < -0.39 is 0 Å². The number of pyridine rings is 1. The minimum absolute atomic E-state index is 0.299. The third-order valence-electron chi connectivity index (χ3n) is 3.08. The van der Waals surface area contributed by atoms with Crippen molar-refractivity contribution in [1.82, 2.24) is 15.6 Å². The largest absolute Gasteiger partial charge is 0.315 e. The maximum Gasteiger partial charge on any atom is 0.0290 e. The Morgan fingerprint density at radius 3 is 2.93 bits per heavy atom. The van der Waals surface area contributed by atoms with Gasteiger partial charge in [0, 0.05) is 24.5 Å². The van der Waals surface area contributed by atoms with Crippen LogP contribution in [0.2, 0.25) is 0 Å². The minimum Gasteiger partial charge on any atom is -0.315 e. The molecule has 0 amide bonds. The lowest BCUT2D eigenvalue weighted by molar-refractivity contribution is 0.391. The molecule has 2 heterocycles. The molecule has 1 unspecified atom stereocenters. The van der Waals surface area contributed by atoms with Crippen molar-refractivity contribution in [2.75, 3.05) is 19.6 Å². The third-order valence-corrected chi connectivity index (χ3v) is 3.08. The van der Waals surface area contributed by atoms with Gasteiger partial charge in [0.1, 0.15) is 0 Å². The Morgan fingerprint density at radius 1 is 1.47 bits per heavy atom. The van der Waals surface area contributed by atoms with Crippen molar-refractivity contribution in [3.05, 3.63) is 30.1 Å². The Kier molecular flexibility index (Phi) is 3.34. The second-order valence-corrected chi connectivity index (χ2v) is 4.52. The number of rotatable bonds is 4. The van der Waals surface area contributed by atoms with E-state index in [1.807, 2.05) is 12.4 Å². The Bertz CT molecular complexity index is 291. The number of hydrogen-bond acceptors (Lipinski definition) is 3. The number of aromatic nitrogens is 1. The van der Waals surface area contributed by atoms with Crippen LogP contribution in [0.15, 0.2) is 24.5 Å². The molecular weight excluding hydrogens is 186 g/mol. The zero-order valence-electron chi connectivity index (χ0n) is 9.29. The van der Waals surface area contributed by atoms with Gasteiger partial charge in [0.25, 0.3) is 0 Å². The zero-order chi connectivity index (χ0) is 10.6. The lowest BCUT2D eigenvalue weighted by Gasteiger charge is -2.24. The highest BCUT2D eigenvalue weighted by molar-refractivity contribution is 5.10. The van der Waals surface area contributed by atoms with Crippen LogP contribution in [-0.2, 0) is 6.42 Å². The van der Waals surface area contributed by atoms with Crippen LogP contribution in [-0.4, -0.2) is 30.2 Å². The molecule has 0 saturated carbocycles. The molecule has 1 aliphatic rings. The summed E-state index contributed by atoms with van der Waals surface area (Å²) in [6.45, 7) is 5.56. The van der Waals surface area contributed by atoms with Crippen LogP contribution in [0.25, 0.3) is 0 Å². The molecule has 0 spiro atoms. The normalized spacial score (nSPS) is 25.7. The Morgan fingerprint density at radius 2 is 2.27 bits per heavy atom. The fourth-order valence-electron chi connectivity index (χ4n) is 2.03. The molecule has 0 aliphatic carbocycles. The van der Waals surface area contributed by atoms with Crippen LogP contribution < -0.4 is 10.6 Å². The molecule has 2 N–H and O–H groups in total. The summed E-state index contributed by atoms with van der Waals surface area (Å²) in [5, 5.41) is 7.01. The van der Waals surface area contributed by atoms with E-state index in [9.17, 15) is 0 Å². The lowest BCUT2D eigenvalue weighted by atomic mass is 10.0. The summed E-state index contributed by atoms with van der Waals surface area (Å²) in [5.41, 5.74) is 1.65. The third kappa shape index (κ3) is 3.01. The summed E-state index contributed by atoms with van der Waals surface area (Å²) in [5.74, 6) is 0. The van der Waals surface area contributed by atoms with Crippen LogP contribution in [0, 0.1) is 0 Å². The number of nitrogens with zero attached hydrogens (tertiary/aromatic N) is 1. The predicted molar refractivity (Wildman–Crippen MR) is 61.8 cm³/mol. The van der Waals surface area contributed by atoms with E-state index in [-0.39, 0.29) is 0 Å². The van der Waals surface area contributed by atoms with Crippen molar-refractivity contribution in [1.29, 1.82) is 0 Å². The molecule has 0 radical (unpaired) electrons. The average molecular weight is 205 g/mol. The van der Waals surface area contributed by atoms with Crippen LogP contribution in [0.1, 0.15) is 18.9 Å². The van der Waals surface area contributed by atoms with Gasteiger partial charge in [0.05, 0.1) is 0 Å². The van der Waals surface area contributed by atoms with E-state index in [0.717, 1.165) is 26.1 Å². The quantitative estimate of drug-likeness (QED) is 0.769. The van der Waals surface area contributed by atoms with Gasteiger partial charge in [0.15, 0.2) is 0 Å². The van der Waals surface area contributed by atoms with E-state index in [4.69, 9.17) is 0 Å². The Labute approximate surface area is 91.3 Å². The second kappa shape index (κ2) is 4.73. The molecule has 1 atom stereocenters. The molecule has 2 rings (SSSR count). The van der Waals surface area contributed by atoms with Crippen LogP contribution >= 0.6 is 0 Å². The molecule has 15 heavy (non-hydrogen) atoms. The van der Waals surface area contributed by atoms with Gasteiger partial charge >= 0.3 is 0 Å². The Hall–Kier alpha value is -0.930. The SMILES string of the molecule is CC1(NCCc2ccncc2)CCNC1. The van der Waals surface area contributed by atoms with Crippen LogP contribution in [0.4, 0.5) is 0 Å².